The smallest absolute Gasteiger partial charge is 0.241 e. The maximum atomic E-state index is 11.6. The summed E-state index contributed by atoms with van der Waals surface area (Å²) < 4.78 is 11.0. The highest BCUT2D eigenvalue weighted by Crippen LogP contribution is 2.30. The number of benzene rings is 1. The standard InChI is InChI=1S/C16H19N3O3/c1-11(17)16(20)19-13-3-4-14(21-2)15(9-13)22-10-12-5-7-18-8-6-12/h3-9,11H,10,17H2,1-2H3,(H,19,20). The van der Waals surface area contributed by atoms with E-state index in [-0.39, 0.29) is 5.91 Å². The van der Waals surface area contributed by atoms with Crippen LogP contribution in [0, 0.1) is 0 Å². The van der Waals surface area contributed by atoms with Gasteiger partial charge in [0.15, 0.2) is 11.5 Å². The van der Waals surface area contributed by atoms with Crippen LogP contribution in [-0.2, 0) is 11.4 Å². The van der Waals surface area contributed by atoms with Crippen LogP contribution in [0.1, 0.15) is 12.5 Å². The second-order valence-corrected chi connectivity index (χ2v) is 4.79. The zero-order chi connectivity index (χ0) is 15.9. The second kappa shape index (κ2) is 7.42. The molecule has 1 unspecified atom stereocenters. The Hall–Kier alpha value is -2.60. The lowest BCUT2D eigenvalue weighted by Gasteiger charge is -2.13. The predicted molar refractivity (Wildman–Crippen MR) is 83.8 cm³/mol. The van der Waals surface area contributed by atoms with Crippen LogP contribution in [0.15, 0.2) is 42.7 Å². The fraction of sp³-hybridized carbons (Fsp3) is 0.250. The summed E-state index contributed by atoms with van der Waals surface area (Å²) in [5.74, 6) is 0.875. The lowest BCUT2D eigenvalue weighted by atomic mass is 10.2. The van der Waals surface area contributed by atoms with Crippen molar-refractivity contribution in [1.29, 1.82) is 0 Å². The molecule has 3 N–H and O–H groups in total. The molecule has 22 heavy (non-hydrogen) atoms. The van der Waals surface area contributed by atoms with Crippen LogP contribution in [0.25, 0.3) is 0 Å². The molecule has 2 rings (SSSR count). The Labute approximate surface area is 129 Å². The number of methoxy groups -OCH3 is 1. The minimum absolute atomic E-state index is 0.259. The lowest BCUT2D eigenvalue weighted by molar-refractivity contribution is -0.117. The Bertz CT molecular complexity index is 630. The quantitative estimate of drug-likeness (QED) is 0.851. The van der Waals surface area contributed by atoms with Gasteiger partial charge < -0.3 is 20.5 Å². The molecule has 1 aromatic heterocycles. The van der Waals surface area contributed by atoms with E-state index in [0.29, 0.717) is 23.8 Å². The normalized spacial score (nSPS) is 11.6. The van der Waals surface area contributed by atoms with Gasteiger partial charge in [-0.3, -0.25) is 9.78 Å². The first-order valence-corrected chi connectivity index (χ1v) is 6.86. The van der Waals surface area contributed by atoms with Gasteiger partial charge in [0, 0.05) is 24.1 Å². The Kier molecular flexibility index (Phi) is 5.32. The van der Waals surface area contributed by atoms with Gasteiger partial charge in [-0.25, -0.2) is 0 Å². The van der Waals surface area contributed by atoms with Crippen LogP contribution in [0.3, 0.4) is 0 Å². The summed E-state index contributed by atoms with van der Waals surface area (Å²) in [6.45, 7) is 2.00. The van der Waals surface area contributed by atoms with E-state index in [1.165, 1.54) is 0 Å². The first-order chi connectivity index (χ1) is 10.6. The number of nitrogens with two attached hydrogens (primary N) is 1. The average Bonchev–Trinajstić information content (AvgIpc) is 2.54. The summed E-state index contributed by atoms with van der Waals surface area (Å²) in [4.78, 5) is 15.6. The van der Waals surface area contributed by atoms with E-state index < -0.39 is 6.04 Å². The summed E-state index contributed by atoms with van der Waals surface area (Å²) in [7, 11) is 1.56. The Balaban J connectivity index is 2.12. The molecule has 0 saturated carbocycles. The number of hydrogen-bond donors (Lipinski definition) is 2. The van der Waals surface area contributed by atoms with Crippen molar-refractivity contribution in [3.05, 3.63) is 48.3 Å². The number of amides is 1. The Morgan fingerprint density at radius 2 is 2.00 bits per heavy atom. The maximum Gasteiger partial charge on any atom is 0.241 e. The van der Waals surface area contributed by atoms with E-state index >= 15 is 0 Å². The summed E-state index contributed by atoms with van der Waals surface area (Å²) in [6, 6.07) is 8.34. The molecule has 0 aliphatic rings. The predicted octanol–water partition coefficient (Wildman–Crippen LogP) is 1.95. The third-order valence-corrected chi connectivity index (χ3v) is 2.99. The second-order valence-electron chi connectivity index (χ2n) is 4.79. The number of anilines is 1. The molecule has 116 valence electrons. The molecule has 0 aliphatic carbocycles. The highest BCUT2D eigenvalue weighted by atomic mass is 16.5. The van der Waals surface area contributed by atoms with Crippen LogP contribution in [0.4, 0.5) is 5.69 Å². The van der Waals surface area contributed by atoms with Crippen LogP contribution in [0.2, 0.25) is 0 Å². The van der Waals surface area contributed by atoms with E-state index in [4.69, 9.17) is 15.2 Å². The number of nitrogens with one attached hydrogen (secondary N) is 1. The lowest BCUT2D eigenvalue weighted by Crippen LogP contribution is -2.32. The van der Waals surface area contributed by atoms with Gasteiger partial charge in [-0.05, 0) is 36.8 Å². The number of pyridine rings is 1. The number of rotatable bonds is 6. The van der Waals surface area contributed by atoms with E-state index in [9.17, 15) is 4.79 Å². The molecule has 0 saturated heterocycles. The summed E-state index contributed by atoms with van der Waals surface area (Å²) >= 11 is 0. The number of aromatic nitrogens is 1. The van der Waals surface area contributed by atoms with Gasteiger partial charge in [0.25, 0.3) is 0 Å². The van der Waals surface area contributed by atoms with Crippen molar-refractivity contribution >= 4 is 11.6 Å². The number of carbonyl (C=O) groups excluding carboxylic acids is 1. The molecular weight excluding hydrogens is 282 g/mol. The van der Waals surface area contributed by atoms with Gasteiger partial charge in [0.2, 0.25) is 5.91 Å². The molecule has 2 aromatic rings. The van der Waals surface area contributed by atoms with Gasteiger partial charge in [-0.1, -0.05) is 0 Å². The van der Waals surface area contributed by atoms with E-state index in [0.717, 1.165) is 5.56 Å². The number of carbonyl (C=O) groups is 1. The molecule has 1 heterocycles. The fourth-order valence-corrected chi connectivity index (χ4v) is 1.76. The summed E-state index contributed by atoms with van der Waals surface area (Å²) in [6.07, 6.45) is 3.41. The molecule has 0 fully saturated rings. The van der Waals surface area contributed by atoms with Crippen molar-refractivity contribution in [2.45, 2.75) is 19.6 Å². The average molecular weight is 301 g/mol. The largest absolute Gasteiger partial charge is 0.493 e. The third kappa shape index (κ3) is 4.20. The van der Waals surface area contributed by atoms with Crippen LogP contribution in [-0.4, -0.2) is 24.0 Å². The molecule has 0 aliphatic heterocycles. The highest BCUT2D eigenvalue weighted by molar-refractivity contribution is 5.94. The van der Waals surface area contributed by atoms with Gasteiger partial charge in [0.05, 0.1) is 13.2 Å². The molecule has 0 radical (unpaired) electrons. The minimum atomic E-state index is -0.580. The van der Waals surface area contributed by atoms with Crippen molar-refractivity contribution < 1.29 is 14.3 Å². The fourth-order valence-electron chi connectivity index (χ4n) is 1.76. The molecular formula is C16H19N3O3. The summed E-state index contributed by atoms with van der Waals surface area (Å²) in [5.41, 5.74) is 7.13. The zero-order valence-corrected chi connectivity index (χ0v) is 12.6. The Morgan fingerprint density at radius 1 is 1.27 bits per heavy atom. The number of nitrogens with zero attached hydrogens (tertiary/aromatic N) is 1. The topological polar surface area (TPSA) is 86.5 Å². The molecule has 1 aromatic carbocycles. The van der Waals surface area contributed by atoms with E-state index in [1.807, 2.05) is 12.1 Å². The van der Waals surface area contributed by atoms with Crippen molar-refractivity contribution in [1.82, 2.24) is 4.98 Å². The molecule has 0 spiro atoms. The minimum Gasteiger partial charge on any atom is -0.493 e. The van der Waals surface area contributed by atoms with E-state index in [1.54, 1.807) is 44.6 Å². The van der Waals surface area contributed by atoms with Crippen molar-refractivity contribution in [2.24, 2.45) is 5.73 Å². The van der Waals surface area contributed by atoms with Crippen LogP contribution >= 0.6 is 0 Å². The van der Waals surface area contributed by atoms with Crippen molar-refractivity contribution in [3.8, 4) is 11.5 Å². The Morgan fingerprint density at radius 3 is 2.64 bits per heavy atom. The van der Waals surface area contributed by atoms with Crippen LogP contribution in [0.5, 0.6) is 11.5 Å². The zero-order valence-electron chi connectivity index (χ0n) is 12.6. The molecule has 0 bridgehead atoms. The van der Waals surface area contributed by atoms with Gasteiger partial charge in [-0.2, -0.15) is 0 Å². The first-order valence-electron chi connectivity index (χ1n) is 6.86. The number of ether oxygens (including phenoxy) is 2. The van der Waals surface area contributed by atoms with Gasteiger partial charge in [-0.15, -0.1) is 0 Å². The third-order valence-electron chi connectivity index (χ3n) is 2.99. The summed E-state index contributed by atoms with van der Waals surface area (Å²) in [5, 5.41) is 2.72. The van der Waals surface area contributed by atoms with Crippen molar-refractivity contribution in [3.63, 3.8) is 0 Å². The van der Waals surface area contributed by atoms with Gasteiger partial charge >= 0.3 is 0 Å². The molecule has 6 nitrogen and oxygen atoms in total. The van der Waals surface area contributed by atoms with Gasteiger partial charge in [0.1, 0.15) is 6.61 Å². The molecule has 1 amide bonds. The number of hydrogen-bond acceptors (Lipinski definition) is 5. The van der Waals surface area contributed by atoms with Crippen molar-refractivity contribution in [2.75, 3.05) is 12.4 Å². The maximum absolute atomic E-state index is 11.6. The monoisotopic (exact) mass is 301 g/mol. The molecule has 6 heteroatoms. The van der Waals surface area contributed by atoms with E-state index in [2.05, 4.69) is 10.3 Å². The highest BCUT2D eigenvalue weighted by Gasteiger charge is 2.11. The van der Waals surface area contributed by atoms with Crippen LogP contribution < -0.4 is 20.5 Å². The SMILES string of the molecule is COc1ccc(NC(=O)C(C)N)cc1OCc1ccncc1. The first kappa shape index (κ1) is 15.8. The molecule has 1 atom stereocenters.